The van der Waals surface area contributed by atoms with Crippen LogP contribution in [0.2, 0.25) is 0 Å². The van der Waals surface area contributed by atoms with Crippen molar-refractivity contribution >= 4 is 33.6 Å². The SMILES string of the molecule is O=C(O)CCCN(CCCNC(=O)Nc1ccc(Br)cc1)[C@@H]1CCc2ccccc21. The van der Waals surface area contributed by atoms with Crippen LogP contribution in [0.25, 0.3) is 0 Å². The number of urea groups is 1. The highest BCUT2D eigenvalue weighted by molar-refractivity contribution is 9.10. The number of carboxylic acid groups (broad SMARTS) is 1. The van der Waals surface area contributed by atoms with Gasteiger partial charge in [0.15, 0.2) is 0 Å². The second kappa shape index (κ2) is 11.1. The Morgan fingerprint density at radius 2 is 1.80 bits per heavy atom. The van der Waals surface area contributed by atoms with Gasteiger partial charge in [0.2, 0.25) is 0 Å². The number of rotatable bonds is 10. The molecule has 0 heterocycles. The number of aryl methyl sites for hydroxylation is 1. The van der Waals surface area contributed by atoms with Crippen molar-refractivity contribution in [1.82, 2.24) is 10.2 Å². The van der Waals surface area contributed by atoms with E-state index in [4.69, 9.17) is 5.11 Å². The molecule has 1 aliphatic carbocycles. The zero-order valence-electron chi connectivity index (χ0n) is 16.9. The van der Waals surface area contributed by atoms with E-state index in [1.54, 1.807) is 0 Å². The Kier molecular flexibility index (Phi) is 8.28. The van der Waals surface area contributed by atoms with Gasteiger partial charge in [-0.1, -0.05) is 40.2 Å². The molecule has 0 fully saturated rings. The molecule has 160 valence electrons. The number of nitrogens with one attached hydrogen (secondary N) is 2. The lowest BCUT2D eigenvalue weighted by Crippen LogP contribution is -2.34. The molecule has 2 aromatic rings. The Morgan fingerprint density at radius 3 is 2.57 bits per heavy atom. The molecule has 0 bridgehead atoms. The number of nitrogens with zero attached hydrogens (tertiary/aromatic N) is 1. The Bertz CT molecular complexity index is 857. The maximum atomic E-state index is 12.1. The van der Waals surface area contributed by atoms with Crippen molar-refractivity contribution in [3.63, 3.8) is 0 Å². The summed E-state index contributed by atoms with van der Waals surface area (Å²) < 4.78 is 0.963. The number of amides is 2. The zero-order chi connectivity index (χ0) is 21.3. The Morgan fingerprint density at radius 1 is 1.07 bits per heavy atom. The monoisotopic (exact) mass is 473 g/mol. The van der Waals surface area contributed by atoms with Crippen LogP contribution in [0, 0.1) is 0 Å². The molecule has 0 aliphatic heterocycles. The average molecular weight is 474 g/mol. The maximum absolute atomic E-state index is 12.1. The highest BCUT2D eigenvalue weighted by atomic mass is 79.9. The molecule has 0 unspecified atom stereocenters. The van der Waals surface area contributed by atoms with Crippen molar-refractivity contribution in [3.05, 3.63) is 64.1 Å². The topological polar surface area (TPSA) is 81.7 Å². The lowest BCUT2D eigenvalue weighted by atomic mass is 10.1. The average Bonchev–Trinajstić information content (AvgIpc) is 3.15. The van der Waals surface area contributed by atoms with Crippen LogP contribution in [0.1, 0.15) is 42.9 Å². The van der Waals surface area contributed by atoms with Crippen molar-refractivity contribution in [2.45, 2.75) is 38.1 Å². The molecule has 2 amide bonds. The lowest BCUT2D eigenvalue weighted by Gasteiger charge is -2.29. The fraction of sp³-hybridized carbons (Fsp3) is 0.391. The van der Waals surface area contributed by atoms with Gasteiger partial charge >= 0.3 is 12.0 Å². The van der Waals surface area contributed by atoms with E-state index >= 15 is 0 Å². The van der Waals surface area contributed by atoms with Crippen LogP contribution < -0.4 is 10.6 Å². The minimum atomic E-state index is -0.756. The summed E-state index contributed by atoms with van der Waals surface area (Å²) in [7, 11) is 0. The molecule has 3 rings (SSSR count). The number of carbonyl (C=O) groups excluding carboxylic acids is 1. The maximum Gasteiger partial charge on any atom is 0.319 e. The minimum Gasteiger partial charge on any atom is -0.481 e. The van der Waals surface area contributed by atoms with Crippen molar-refractivity contribution < 1.29 is 14.7 Å². The highest BCUT2D eigenvalue weighted by Gasteiger charge is 2.27. The number of benzene rings is 2. The van der Waals surface area contributed by atoms with Gasteiger partial charge < -0.3 is 15.7 Å². The predicted molar refractivity (Wildman–Crippen MR) is 122 cm³/mol. The summed E-state index contributed by atoms with van der Waals surface area (Å²) in [5.74, 6) is -0.756. The van der Waals surface area contributed by atoms with E-state index in [-0.39, 0.29) is 12.5 Å². The summed E-state index contributed by atoms with van der Waals surface area (Å²) in [6.45, 7) is 2.12. The molecule has 7 heteroatoms. The Balaban J connectivity index is 1.49. The van der Waals surface area contributed by atoms with Crippen LogP contribution in [0.3, 0.4) is 0 Å². The van der Waals surface area contributed by atoms with E-state index < -0.39 is 5.97 Å². The number of hydrogen-bond donors (Lipinski definition) is 3. The third-order valence-electron chi connectivity index (χ3n) is 5.39. The molecule has 30 heavy (non-hydrogen) atoms. The van der Waals surface area contributed by atoms with Gasteiger partial charge in [0.05, 0.1) is 0 Å². The van der Waals surface area contributed by atoms with E-state index in [1.165, 1.54) is 11.1 Å². The molecule has 0 aromatic heterocycles. The van der Waals surface area contributed by atoms with E-state index in [9.17, 15) is 9.59 Å². The first-order valence-electron chi connectivity index (χ1n) is 10.4. The van der Waals surface area contributed by atoms with Gasteiger partial charge in [-0.25, -0.2) is 4.79 Å². The van der Waals surface area contributed by atoms with Crippen molar-refractivity contribution in [2.24, 2.45) is 0 Å². The molecule has 0 saturated heterocycles. The molecule has 6 nitrogen and oxygen atoms in total. The molecule has 1 atom stereocenters. The Labute approximate surface area is 185 Å². The number of halogens is 1. The fourth-order valence-electron chi connectivity index (χ4n) is 3.96. The van der Waals surface area contributed by atoms with Gasteiger partial charge in [-0.05, 0) is 67.6 Å². The van der Waals surface area contributed by atoms with E-state index in [0.717, 1.165) is 42.5 Å². The van der Waals surface area contributed by atoms with Crippen molar-refractivity contribution in [1.29, 1.82) is 0 Å². The number of carboxylic acids is 1. The Hall–Kier alpha value is -2.38. The van der Waals surface area contributed by atoms with Crippen LogP contribution in [0.4, 0.5) is 10.5 Å². The summed E-state index contributed by atoms with van der Waals surface area (Å²) in [5, 5.41) is 14.7. The number of hydrogen-bond acceptors (Lipinski definition) is 3. The van der Waals surface area contributed by atoms with Gasteiger partial charge in [-0.3, -0.25) is 9.69 Å². The quantitative estimate of drug-likeness (QED) is 0.432. The van der Waals surface area contributed by atoms with Crippen LogP contribution in [-0.4, -0.2) is 41.6 Å². The lowest BCUT2D eigenvalue weighted by molar-refractivity contribution is -0.137. The summed E-state index contributed by atoms with van der Waals surface area (Å²) >= 11 is 3.37. The van der Waals surface area contributed by atoms with Crippen molar-refractivity contribution in [3.8, 4) is 0 Å². The zero-order valence-corrected chi connectivity index (χ0v) is 18.5. The van der Waals surface area contributed by atoms with Gasteiger partial charge in [-0.2, -0.15) is 0 Å². The summed E-state index contributed by atoms with van der Waals surface area (Å²) in [6.07, 6.45) is 3.73. The first kappa shape index (κ1) is 22.3. The van der Waals surface area contributed by atoms with E-state index in [2.05, 4.69) is 55.7 Å². The molecule has 3 N–H and O–H groups in total. The van der Waals surface area contributed by atoms with Gasteiger partial charge in [-0.15, -0.1) is 0 Å². The molecule has 2 aromatic carbocycles. The third-order valence-corrected chi connectivity index (χ3v) is 5.92. The van der Waals surface area contributed by atoms with Crippen molar-refractivity contribution in [2.75, 3.05) is 25.0 Å². The fourth-order valence-corrected chi connectivity index (χ4v) is 4.23. The highest BCUT2D eigenvalue weighted by Crippen LogP contribution is 2.35. The molecular weight excluding hydrogens is 446 g/mol. The number of fused-ring (bicyclic) bond motifs is 1. The van der Waals surface area contributed by atoms with Crippen LogP contribution >= 0.6 is 15.9 Å². The minimum absolute atomic E-state index is 0.179. The summed E-state index contributed by atoms with van der Waals surface area (Å²) in [4.78, 5) is 25.4. The molecule has 0 radical (unpaired) electrons. The van der Waals surface area contributed by atoms with Gasteiger partial charge in [0.1, 0.15) is 0 Å². The third kappa shape index (κ3) is 6.57. The van der Waals surface area contributed by atoms with E-state index in [0.29, 0.717) is 19.0 Å². The molecular formula is C23H28BrN3O3. The molecule has 0 saturated carbocycles. The molecule has 1 aliphatic rings. The predicted octanol–water partition coefficient (Wildman–Crippen LogP) is 4.82. The second-order valence-corrected chi connectivity index (χ2v) is 8.44. The van der Waals surface area contributed by atoms with Gasteiger partial charge in [0, 0.05) is 35.7 Å². The number of aliphatic carboxylic acids is 1. The smallest absolute Gasteiger partial charge is 0.319 e. The van der Waals surface area contributed by atoms with Gasteiger partial charge in [0.25, 0.3) is 0 Å². The summed E-state index contributed by atoms with van der Waals surface area (Å²) in [6, 6.07) is 16.0. The number of anilines is 1. The summed E-state index contributed by atoms with van der Waals surface area (Å²) in [5.41, 5.74) is 3.49. The number of carbonyl (C=O) groups is 2. The van der Waals surface area contributed by atoms with Crippen LogP contribution in [-0.2, 0) is 11.2 Å². The first-order valence-corrected chi connectivity index (χ1v) is 11.2. The van der Waals surface area contributed by atoms with Crippen LogP contribution in [0.5, 0.6) is 0 Å². The van der Waals surface area contributed by atoms with Crippen LogP contribution in [0.15, 0.2) is 53.0 Å². The van der Waals surface area contributed by atoms with E-state index in [1.807, 2.05) is 24.3 Å². The standard InChI is InChI=1S/C23H28BrN3O3/c24-18-9-11-19(12-10-18)26-23(30)25-14-4-16-27(15-3-7-22(28)29)21-13-8-17-5-1-2-6-20(17)21/h1-2,5-6,9-12,21H,3-4,7-8,13-16H2,(H,28,29)(H2,25,26,30)/t21-/m1/s1. The normalized spacial score (nSPS) is 15.1. The first-order chi connectivity index (χ1) is 14.5. The largest absolute Gasteiger partial charge is 0.481 e. The second-order valence-electron chi connectivity index (χ2n) is 7.53. The molecule has 0 spiro atoms.